The zero-order valence-electron chi connectivity index (χ0n) is 14.8. The lowest BCUT2D eigenvalue weighted by molar-refractivity contribution is -0.137. The summed E-state index contributed by atoms with van der Waals surface area (Å²) in [5.74, 6) is -0.514. The Balaban J connectivity index is 2.11. The van der Waals surface area contributed by atoms with E-state index in [-0.39, 0.29) is 18.9 Å². The molecule has 2 N–H and O–H groups in total. The van der Waals surface area contributed by atoms with E-state index in [1.807, 2.05) is 45.0 Å². The first kappa shape index (κ1) is 18.5. The second kappa shape index (κ2) is 8.33. The number of carboxylic acid groups (broad SMARTS) is 1. The van der Waals surface area contributed by atoms with Gasteiger partial charge in [-0.25, -0.2) is 0 Å². The topological polar surface area (TPSA) is 75.6 Å². The minimum Gasteiger partial charge on any atom is -0.491 e. The molecule has 0 aromatic heterocycles. The highest BCUT2D eigenvalue weighted by molar-refractivity contribution is 6.06. The summed E-state index contributed by atoms with van der Waals surface area (Å²) in [6.45, 7) is 6.23. The second-order valence-corrected chi connectivity index (χ2v) is 5.98. The number of hydrogen-bond acceptors (Lipinski definition) is 3. The summed E-state index contributed by atoms with van der Waals surface area (Å²) in [5, 5.41) is 11.5. The monoisotopic (exact) mass is 341 g/mol. The molecule has 0 unspecified atom stereocenters. The Morgan fingerprint density at radius 2 is 1.76 bits per heavy atom. The number of aliphatic carboxylic acids is 1. The number of nitrogens with one attached hydrogen (secondary N) is 1. The summed E-state index contributed by atoms with van der Waals surface area (Å²) in [6, 6.07) is 10.9. The number of hydrogen-bond donors (Lipinski definition) is 2. The van der Waals surface area contributed by atoms with E-state index >= 15 is 0 Å². The molecule has 0 aliphatic carbocycles. The van der Waals surface area contributed by atoms with Gasteiger partial charge in [0, 0.05) is 12.0 Å². The number of carboxylic acids is 1. The minimum atomic E-state index is -0.851. The fourth-order valence-electron chi connectivity index (χ4n) is 2.49. The predicted octanol–water partition coefficient (Wildman–Crippen LogP) is 4.11. The lowest BCUT2D eigenvalue weighted by Gasteiger charge is -2.14. The molecule has 0 bridgehead atoms. The number of benzene rings is 2. The highest BCUT2D eigenvalue weighted by atomic mass is 16.5. The molecule has 0 saturated carbocycles. The van der Waals surface area contributed by atoms with Crippen molar-refractivity contribution in [1.82, 2.24) is 0 Å². The van der Waals surface area contributed by atoms with Crippen molar-refractivity contribution < 1.29 is 19.4 Å². The summed E-state index contributed by atoms with van der Waals surface area (Å²) in [5.41, 5.74) is 4.41. The van der Waals surface area contributed by atoms with Gasteiger partial charge in [0.05, 0.1) is 12.3 Å². The van der Waals surface area contributed by atoms with Crippen LogP contribution < -0.4 is 10.1 Å². The van der Waals surface area contributed by atoms with E-state index in [9.17, 15) is 9.59 Å². The summed E-state index contributed by atoms with van der Waals surface area (Å²) in [4.78, 5) is 23.2. The number of aryl methyl sites for hydroxylation is 1. The highest BCUT2D eigenvalue weighted by Crippen LogP contribution is 2.26. The number of ether oxygens (including phenoxy) is 1. The van der Waals surface area contributed by atoms with Gasteiger partial charge in [-0.05, 0) is 62.1 Å². The third-order valence-corrected chi connectivity index (χ3v) is 4.23. The lowest BCUT2D eigenvalue weighted by atomic mass is 9.98. The number of para-hydroxylation sites is 2. The van der Waals surface area contributed by atoms with Gasteiger partial charge in [-0.1, -0.05) is 18.2 Å². The van der Waals surface area contributed by atoms with Crippen molar-refractivity contribution >= 4 is 17.6 Å². The molecule has 132 valence electrons. The van der Waals surface area contributed by atoms with E-state index in [1.165, 1.54) is 0 Å². The van der Waals surface area contributed by atoms with Crippen molar-refractivity contribution in [2.45, 2.75) is 33.6 Å². The molecule has 0 aliphatic rings. The first-order chi connectivity index (χ1) is 11.9. The largest absolute Gasteiger partial charge is 0.491 e. The molecule has 0 fully saturated rings. The van der Waals surface area contributed by atoms with Gasteiger partial charge in [-0.15, -0.1) is 0 Å². The number of anilines is 1. The van der Waals surface area contributed by atoms with Crippen molar-refractivity contribution in [3.8, 4) is 5.75 Å². The smallest absolute Gasteiger partial charge is 0.303 e. The minimum absolute atomic E-state index is 0.0519. The summed E-state index contributed by atoms with van der Waals surface area (Å²) in [7, 11) is 0. The van der Waals surface area contributed by atoms with Crippen LogP contribution in [0.1, 0.15) is 39.9 Å². The van der Waals surface area contributed by atoms with Gasteiger partial charge < -0.3 is 15.2 Å². The van der Waals surface area contributed by atoms with Crippen LogP contribution in [0, 0.1) is 20.8 Å². The fourth-order valence-corrected chi connectivity index (χ4v) is 2.49. The summed E-state index contributed by atoms with van der Waals surface area (Å²) in [6.07, 6.45) is 0.463. The van der Waals surface area contributed by atoms with Crippen LogP contribution in [0.15, 0.2) is 36.4 Å². The molecule has 5 nitrogen and oxygen atoms in total. The van der Waals surface area contributed by atoms with Gasteiger partial charge in [0.25, 0.3) is 5.91 Å². The van der Waals surface area contributed by atoms with Crippen LogP contribution in [0.5, 0.6) is 5.75 Å². The van der Waals surface area contributed by atoms with Crippen LogP contribution in [0.25, 0.3) is 0 Å². The van der Waals surface area contributed by atoms with Crippen LogP contribution in [0.4, 0.5) is 5.69 Å². The molecule has 0 saturated heterocycles. The highest BCUT2D eigenvalue weighted by Gasteiger charge is 2.14. The maximum atomic E-state index is 12.6. The average Bonchev–Trinajstić information content (AvgIpc) is 2.57. The molecule has 0 atom stereocenters. The van der Waals surface area contributed by atoms with Crippen LogP contribution >= 0.6 is 0 Å². The Kier molecular flexibility index (Phi) is 6.17. The van der Waals surface area contributed by atoms with Crippen LogP contribution in [-0.2, 0) is 4.79 Å². The molecule has 2 rings (SSSR count). The van der Waals surface area contributed by atoms with E-state index in [2.05, 4.69) is 5.32 Å². The lowest BCUT2D eigenvalue weighted by Crippen LogP contribution is -2.15. The molecule has 1 amide bonds. The molecule has 2 aromatic rings. The van der Waals surface area contributed by atoms with Gasteiger partial charge in [0.15, 0.2) is 0 Å². The number of carbonyl (C=O) groups is 2. The van der Waals surface area contributed by atoms with Crippen molar-refractivity contribution in [2.24, 2.45) is 0 Å². The molecule has 5 heteroatoms. The standard InChI is InChI=1S/C20H23NO4/c1-13-10-11-16(15(3)14(13)2)20(24)21-17-7-4-5-8-18(17)25-12-6-9-19(22)23/h4-5,7-8,10-11H,6,9,12H2,1-3H3,(H,21,24)(H,22,23). The predicted molar refractivity (Wildman–Crippen MR) is 97.4 cm³/mol. The van der Waals surface area contributed by atoms with Crippen molar-refractivity contribution in [3.63, 3.8) is 0 Å². The molecular formula is C20H23NO4. The SMILES string of the molecule is Cc1ccc(C(=O)Nc2ccccc2OCCCC(=O)O)c(C)c1C. The number of amides is 1. The second-order valence-electron chi connectivity index (χ2n) is 5.98. The Labute approximate surface area is 147 Å². The molecule has 25 heavy (non-hydrogen) atoms. The molecule has 0 heterocycles. The Bertz CT molecular complexity index is 783. The van der Waals surface area contributed by atoms with Crippen molar-refractivity contribution in [1.29, 1.82) is 0 Å². The number of carbonyl (C=O) groups excluding carboxylic acids is 1. The molecule has 0 aliphatic heterocycles. The zero-order chi connectivity index (χ0) is 18.4. The van der Waals surface area contributed by atoms with E-state index in [0.29, 0.717) is 23.4 Å². The van der Waals surface area contributed by atoms with E-state index in [4.69, 9.17) is 9.84 Å². The van der Waals surface area contributed by atoms with Gasteiger partial charge in [-0.3, -0.25) is 9.59 Å². The third kappa shape index (κ3) is 4.83. The maximum Gasteiger partial charge on any atom is 0.303 e. The third-order valence-electron chi connectivity index (χ3n) is 4.23. The van der Waals surface area contributed by atoms with Crippen molar-refractivity contribution in [3.05, 3.63) is 58.7 Å². The molecule has 0 spiro atoms. The van der Waals surface area contributed by atoms with Crippen LogP contribution in [-0.4, -0.2) is 23.6 Å². The van der Waals surface area contributed by atoms with Crippen LogP contribution in [0.3, 0.4) is 0 Å². The Morgan fingerprint density at radius 1 is 1.04 bits per heavy atom. The molecule has 2 aromatic carbocycles. The fraction of sp³-hybridized carbons (Fsp3) is 0.300. The molecule has 0 radical (unpaired) electrons. The quantitative estimate of drug-likeness (QED) is 0.743. The Morgan fingerprint density at radius 3 is 2.48 bits per heavy atom. The van der Waals surface area contributed by atoms with Gasteiger partial charge in [0.2, 0.25) is 0 Å². The van der Waals surface area contributed by atoms with Gasteiger partial charge >= 0.3 is 5.97 Å². The Hall–Kier alpha value is -2.82. The average molecular weight is 341 g/mol. The summed E-state index contributed by atoms with van der Waals surface area (Å²) < 4.78 is 5.62. The van der Waals surface area contributed by atoms with E-state index in [0.717, 1.165) is 16.7 Å². The first-order valence-electron chi connectivity index (χ1n) is 8.22. The van der Waals surface area contributed by atoms with Crippen molar-refractivity contribution in [2.75, 3.05) is 11.9 Å². The molecular weight excluding hydrogens is 318 g/mol. The maximum absolute atomic E-state index is 12.6. The van der Waals surface area contributed by atoms with E-state index in [1.54, 1.807) is 12.1 Å². The van der Waals surface area contributed by atoms with Gasteiger partial charge in [0.1, 0.15) is 5.75 Å². The normalized spacial score (nSPS) is 10.4. The number of rotatable bonds is 7. The summed E-state index contributed by atoms with van der Waals surface area (Å²) >= 11 is 0. The van der Waals surface area contributed by atoms with Gasteiger partial charge in [-0.2, -0.15) is 0 Å². The van der Waals surface area contributed by atoms with Crippen LogP contribution in [0.2, 0.25) is 0 Å². The first-order valence-corrected chi connectivity index (χ1v) is 8.22. The zero-order valence-corrected chi connectivity index (χ0v) is 14.8. The van der Waals surface area contributed by atoms with E-state index < -0.39 is 5.97 Å².